The maximum atomic E-state index is 13.0. The highest BCUT2D eigenvalue weighted by atomic mass is 16.5. The van der Waals surface area contributed by atoms with Gasteiger partial charge >= 0.3 is 5.97 Å². The van der Waals surface area contributed by atoms with Crippen LogP contribution >= 0.6 is 0 Å². The van der Waals surface area contributed by atoms with Gasteiger partial charge in [-0.15, -0.1) is 0 Å². The van der Waals surface area contributed by atoms with Gasteiger partial charge in [0.25, 0.3) is 0 Å². The number of benzene rings is 3. The first-order valence-corrected chi connectivity index (χ1v) is 10.1. The van der Waals surface area contributed by atoms with Crippen molar-refractivity contribution in [3.8, 4) is 11.5 Å². The van der Waals surface area contributed by atoms with Crippen molar-refractivity contribution in [1.29, 1.82) is 0 Å². The maximum absolute atomic E-state index is 13.0. The minimum Gasteiger partial charge on any atom is -0.493 e. The molecule has 0 saturated carbocycles. The quantitative estimate of drug-likeness (QED) is 0.614. The summed E-state index contributed by atoms with van der Waals surface area (Å²) in [6.45, 7) is 0.740. The average molecular weight is 405 g/mol. The second-order valence-electron chi connectivity index (χ2n) is 7.65. The van der Waals surface area contributed by atoms with Crippen molar-refractivity contribution in [2.45, 2.75) is 18.4 Å². The summed E-state index contributed by atoms with van der Waals surface area (Å²) in [5, 5.41) is 2.28. The molecule has 1 aliphatic rings. The molecule has 0 aliphatic carbocycles. The van der Waals surface area contributed by atoms with Crippen LogP contribution in [0.4, 0.5) is 0 Å². The van der Waals surface area contributed by atoms with Gasteiger partial charge in [0.05, 0.1) is 21.3 Å². The minimum atomic E-state index is -0.444. The first-order valence-electron chi connectivity index (χ1n) is 10.1. The molecule has 0 N–H and O–H groups in total. The third-order valence-corrected chi connectivity index (χ3v) is 6.11. The number of likely N-dealkylation sites (N-methyl/N-ethyl adjacent to an activating group) is 1. The number of nitrogens with zero attached hydrogens (tertiary/aromatic N) is 1. The fourth-order valence-electron chi connectivity index (χ4n) is 4.60. The molecule has 0 saturated heterocycles. The van der Waals surface area contributed by atoms with Gasteiger partial charge in [0.1, 0.15) is 6.04 Å². The van der Waals surface area contributed by atoms with Crippen LogP contribution in [0.5, 0.6) is 11.5 Å². The van der Waals surface area contributed by atoms with E-state index >= 15 is 0 Å². The molecule has 0 unspecified atom stereocenters. The summed E-state index contributed by atoms with van der Waals surface area (Å²) in [5.74, 6) is 0.922. The van der Waals surface area contributed by atoms with Crippen LogP contribution < -0.4 is 9.47 Å². The number of rotatable bonds is 4. The maximum Gasteiger partial charge on any atom is 0.324 e. The standard InChI is InChI=1S/C25H27NO4/c1-26-13-12-17-14-21(28-2)22(29-3)15-20(17)23(24(26)25(27)30-4)19-11-7-9-16-8-5-6-10-18(16)19/h5-11,14-15,23-24H,12-13H2,1-4H3/t23-,24+/m0/s1. The SMILES string of the molecule is COC(=O)[C@H]1[C@@H](c2cccc3ccccc23)c2cc(OC)c(OC)cc2CCN1C. The summed E-state index contributed by atoms with van der Waals surface area (Å²) in [4.78, 5) is 15.1. The largest absolute Gasteiger partial charge is 0.493 e. The van der Waals surface area contributed by atoms with E-state index < -0.39 is 6.04 Å². The van der Waals surface area contributed by atoms with Crippen LogP contribution in [0.15, 0.2) is 54.6 Å². The molecule has 30 heavy (non-hydrogen) atoms. The molecule has 2 atom stereocenters. The van der Waals surface area contributed by atoms with Crippen molar-refractivity contribution in [3.05, 3.63) is 71.3 Å². The third kappa shape index (κ3) is 3.39. The molecule has 4 rings (SSSR count). The van der Waals surface area contributed by atoms with Crippen LogP contribution in [-0.4, -0.2) is 51.8 Å². The van der Waals surface area contributed by atoms with Crippen LogP contribution in [0.25, 0.3) is 10.8 Å². The Morgan fingerprint density at radius 2 is 1.63 bits per heavy atom. The van der Waals surface area contributed by atoms with Gasteiger partial charge in [0.2, 0.25) is 0 Å². The van der Waals surface area contributed by atoms with E-state index in [0.29, 0.717) is 11.5 Å². The van der Waals surface area contributed by atoms with E-state index in [2.05, 4.69) is 35.2 Å². The lowest BCUT2D eigenvalue weighted by Gasteiger charge is -2.32. The molecule has 5 heteroatoms. The number of carbonyl (C=O) groups is 1. The van der Waals surface area contributed by atoms with E-state index in [-0.39, 0.29) is 11.9 Å². The number of hydrogen-bond acceptors (Lipinski definition) is 5. The summed E-state index contributed by atoms with van der Waals surface area (Å²) >= 11 is 0. The first kappa shape index (κ1) is 20.2. The Hall–Kier alpha value is -3.05. The van der Waals surface area contributed by atoms with Crippen LogP contribution in [0, 0.1) is 0 Å². The smallest absolute Gasteiger partial charge is 0.324 e. The van der Waals surface area contributed by atoms with E-state index in [4.69, 9.17) is 14.2 Å². The summed E-state index contributed by atoms with van der Waals surface area (Å²) in [5.41, 5.74) is 3.33. The van der Waals surface area contributed by atoms with Gasteiger partial charge in [-0.3, -0.25) is 9.69 Å². The van der Waals surface area contributed by atoms with Gasteiger partial charge in [0.15, 0.2) is 11.5 Å². The zero-order valence-electron chi connectivity index (χ0n) is 17.8. The summed E-state index contributed by atoms with van der Waals surface area (Å²) in [7, 11) is 6.72. The molecule has 0 aromatic heterocycles. The lowest BCUT2D eigenvalue weighted by molar-refractivity contribution is -0.146. The average Bonchev–Trinajstić information content (AvgIpc) is 2.93. The molecule has 0 spiro atoms. The second-order valence-corrected chi connectivity index (χ2v) is 7.65. The Morgan fingerprint density at radius 1 is 0.933 bits per heavy atom. The van der Waals surface area contributed by atoms with E-state index in [1.807, 2.05) is 31.3 Å². The number of ether oxygens (including phenoxy) is 3. The monoisotopic (exact) mass is 405 g/mol. The number of fused-ring (bicyclic) bond motifs is 2. The summed E-state index contributed by atoms with van der Waals surface area (Å²) in [6.07, 6.45) is 0.806. The van der Waals surface area contributed by atoms with Gasteiger partial charge in [-0.1, -0.05) is 42.5 Å². The van der Waals surface area contributed by atoms with Crippen LogP contribution in [0.1, 0.15) is 22.6 Å². The molecule has 0 amide bonds. The molecule has 156 valence electrons. The molecular formula is C25H27NO4. The molecule has 3 aromatic rings. The second kappa shape index (κ2) is 8.36. The van der Waals surface area contributed by atoms with Gasteiger partial charge in [-0.25, -0.2) is 0 Å². The normalized spacial score (nSPS) is 19.1. The van der Waals surface area contributed by atoms with Crippen molar-refractivity contribution in [1.82, 2.24) is 4.90 Å². The molecule has 3 aromatic carbocycles. The summed E-state index contributed by atoms with van der Waals surface area (Å²) in [6, 6.07) is 18.2. The van der Waals surface area contributed by atoms with Crippen molar-refractivity contribution in [2.24, 2.45) is 0 Å². The lowest BCUT2D eigenvalue weighted by atomic mass is 9.80. The Balaban J connectivity index is 2.03. The van der Waals surface area contributed by atoms with Crippen LogP contribution in [-0.2, 0) is 16.0 Å². The van der Waals surface area contributed by atoms with E-state index in [9.17, 15) is 4.79 Å². The Labute approximate surface area is 177 Å². The Kier molecular flexibility index (Phi) is 5.64. The van der Waals surface area contributed by atoms with Crippen molar-refractivity contribution < 1.29 is 19.0 Å². The van der Waals surface area contributed by atoms with E-state index in [0.717, 1.165) is 40.4 Å². The fourth-order valence-corrected chi connectivity index (χ4v) is 4.60. The van der Waals surface area contributed by atoms with Crippen molar-refractivity contribution in [3.63, 3.8) is 0 Å². The molecule has 5 nitrogen and oxygen atoms in total. The number of hydrogen-bond donors (Lipinski definition) is 0. The highest BCUT2D eigenvalue weighted by Crippen LogP contribution is 2.43. The first-order chi connectivity index (χ1) is 14.6. The number of methoxy groups -OCH3 is 3. The summed E-state index contributed by atoms with van der Waals surface area (Å²) < 4.78 is 16.4. The van der Waals surface area contributed by atoms with E-state index in [1.165, 1.54) is 7.11 Å². The zero-order valence-corrected chi connectivity index (χ0v) is 17.8. The zero-order chi connectivity index (χ0) is 21.3. The molecule has 0 fully saturated rings. The number of carbonyl (C=O) groups excluding carboxylic acids is 1. The van der Waals surface area contributed by atoms with E-state index in [1.54, 1.807) is 14.2 Å². The van der Waals surface area contributed by atoms with Crippen LogP contribution in [0.2, 0.25) is 0 Å². The van der Waals surface area contributed by atoms with Gasteiger partial charge in [-0.05, 0) is 53.1 Å². The Morgan fingerprint density at radius 3 is 2.37 bits per heavy atom. The highest BCUT2D eigenvalue weighted by Gasteiger charge is 2.39. The predicted octanol–water partition coefficient (Wildman–Crippen LogP) is 4.02. The van der Waals surface area contributed by atoms with Gasteiger partial charge in [-0.2, -0.15) is 0 Å². The molecule has 1 heterocycles. The lowest BCUT2D eigenvalue weighted by Crippen LogP contribution is -2.43. The molecule has 0 bridgehead atoms. The predicted molar refractivity (Wildman–Crippen MR) is 117 cm³/mol. The highest BCUT2D eigenvalue weighted by molar-refractivity contribution is 5.88. The van der Waals surface area contributed by atoms with Crippen LogP contribution in [0.3, 0.4) is 0 Å². The molecule has 1 aliphatic heterocycles. The minimum absolute atomic E-state index is 0.203. The molecule has 0 radical (unpaired) electrons. The third-order valence-electron chi connectivity index (χ3n) is 6.11. The van der Waals surface area contributed by atoms with Crippen molar-refractivity contribution in [2.75, 3.05) is 34.9 Å². The topological polar surface area (TPSA) is 48.0 Å². The van der Waals surface area contributed by atoms with Gasteiger partial charge < -0.3 is 14.2 Å². The fraction of sp³-hybridized carbons (Fsp3) is 0.320. The molecular weight excluding hydrogens is 378 g/mol. The number of esters is 1. The van der Waals surface area contributed by atoms with Gasteiger partial charge in [0, 0.05) is 12.5 Å². The van der Waals surface area contributed by atoms with Crippen molar-refractivity contribution >= 4 is 16.7 Å². The Bertz CT molecular complexity index is 1070.